The van der Waals surface area contributed by atoms with Crippen LogP contribution in [-0.4, -0.2) is 35.1 Å². The van der Waals surface area contributed by atoms with Crippen LogP contribution < -0.4 is 0 Å². The standard InChI is InChI=1S/C12H14BrNO2/c1-8-2-3-9(6-11(8)13)12(16)14-5-4-10(15)7-14/h2-3,6,10,15H,4-5,7H2,1H3/t10-/m1/s1. The highest BCUT2D eigenvalue weighted by molar-refractivity contribution is 9.10. The molecule has 0 spiro atoms. The van der Waals surface area contributed by atoms with Crippen molar-refractivity contribution in [3.63, 3.8) is 0 Å². The summed E-state index contributed by atoms with van der Waals surface area (Å²) in [5.74, 6) is -0.00255. The Kier molecular flexibility index (Phi) is 3.30. The molecule has 1 atom stereocenters. The fraction of sp³-hybridized carbons (Fsp3) is 0.417. The zero-order valence-electron chi connectivity index (χ0n) is 9.11. The molecule has 1 aromatic rings. The molecule has 0 aliphatic carbocycles. The Morgan fingerprint density at radius 1 is 1.56 bits per heavy atom. The van der Waals surface area contributed by atoms with E-state index in [0.29, 0.717) is 25.1 Å². The van der Waals surface area contributed by atoms with E-state index in [9.17, 15) is 9.90 Å². The number of carbonyl (C=O) groups excluding carboxylic acids is 1. The van der Waals surface area contributed by atoms with Crippen molar-refractivity contribution in [2.45, 2.75) is 19.4 Å². The molecule has 1 aliphatic heterocycles. The van der Waals surface area contributed by atoms with Gasteiger partial charge < -0.3 is 10.0 Å². The molecule has 0 bridgehead atoms. The highest BCUT2D eigenvalue weighted by Gasteiger charge is 2.25. The third-order valence-electron chi connectivity index (χ3n) is 2.87. The van der Waals surface area contributed by atoms with Crippen LogP contribution in [0.5, 0.6) is 0 Å². The topological polar surface area (TPSA) is 40.5 Å². The summed E-state index contributed by atoms with van der Waals surface area (Å²) in [5.41, 5.74) is 1.78. The summed E-state index contributed by atoms with van der Waals surface area (Å²) in [6.45, 7) is 3.08. The molecule has 0 unspecified atom stereocenters. The predicted octanol–water partition coefficient (Wildman–Crippen LogP) is 1.96. The normalized spacial score (nSPS) is 20.2. The number of rotatable bonds is 1. The quantitative estimate of drug-likeness (QED) is 0.856. The Morgan fingerprint density at radius 3 is 2.88 bits per heavy atom. The molecule has 4 heteroatoms. The van der Waals surface area contributed by atoms with Crippen molar-refractivity contribution in [3.8, 4) is 0 Å². The number of nitrogens with zero attached hydrogens (tertiary/aromatic N) is 1. The first kappa shape index (κ1) is 11.6. The number of likely N-dealkylation sites (tertiary alicyclic amines) is 1. The van der Waals surface area contributed by atoms with Gasteiger partial charge in [-0.05, 0) is 31.0 Å². The number of hydrogen-bond donors (Lipinski definition) is 1. The lowest BCUT2D eigenvalue weighted by atomic mass is 10.1. The lowest BCUT2D eigenvalue weighted by Gasteiger charge is -2.15. The zero-order valence-corrected chi connectivity index (χ0v) is 10.7. The van der Waals surface area contributed by atoms with E-state index in [0.717, 1.165) is 10.0 Å². The molecule has 0 aromatic heterocycles. The summed E-state index contributed by atoms with van der Waals surface area (Å²) >= 11 is 3.41. The van der Waals surface area contributed by atoms with E-state index in [1.54, 1.807) is 4.90 Å². The summed E-state index contributed by atoms with van der Waals surface area (Å²) < 4.78 is 0.943. The fourth-order valence-corrected chi connectivity index (χ4v) is 2.21. The molecule has 1 N–H and O–H groups in total. The third-order valence-corrected chi connectivity index (χ3v) is 3.72. The average Bonchev–Trinajstić information content (AvgIpc) is 2.68. The van der Waals surface area contributed by atoms with Gasteiger partial charge in [0.05, 0.1) is 6.10 Å². The van der Waals surface area contributed by atoms with Crippen LogP contribution in [0.2, 0.25) is 0 Å². The summed E-state index contributed by atoms with van der Waals surface area (Å²) in [4.78, 5) is 13.7. The van der Waals surface area contributed by atoms with Crippen molar-refractivity contribution in [1.82, 2.24) is 4.90 Å². The van der Waals surface area contributed by atoms with Gasteiger partial charge in [-0.3, -0.25) is 4.79 Å². The van der Waals surface area contributed by atoms with E-state index in [2.05, 4.69) is 15.9 Å². The van der Waals surface area contributed by atoms with Crippen LogP contribution in [0, 0.1) is 6.92 Å². The van der Waals surface area contributed by atoms with Gasteiger partial charge in [0.2, 0.25) is 0 Å². The Morgan fingerprint density at radius 2 is 2.31 bits per heavy atom. The highest BCUT2D eigenvalue weighted by atomic mass is 79.9. The van der Waals surface area contributed by atoms with Gasteiger partial charge in [-0.15, -0.1) is 0 Å². The van der Waals surface area contributed by atoms with E-state index >= 15 is 0 Å². The summed E-state index contributed by atoms with van der Waals surface area (Å²) in [6.07, 6.45) is 0.316. The molecule has 1 amide bonds. The van der Waals surface area contributed by atoms with E-state index in [1.165, 1.54) is 0 Å². The smallest absolute Gasteiger partial charge is 0.253 e. The number of β-amino-alcohol motifs (C(OH)–C–C–N with tert-alkyl or cyclic N) is 1. The van der Waals surface area contributed by atoms with Crippen molar-refractivity contribution < 1.29 is 9.90 Å². The fourth-order valence-electron chi connectivity index (χ4n) is 1.83. The molecule has 1 aliphatic rings. The van der Waals surface area contributed by atoms with Crippen molar-refractivity contribution in [2.24, 2.45) is 0 Å². The van der Waals surface area contributed by atoms with Gasteiger partial charge >= 0.3 is 0 Å². The Bertz CT molecular complexity index is 419. The van der Waals surface area contributed by atoms with Crippen LogP contribution in [0.1, 0.15) is 22.3 Å². The molecule has 86 valence electrons. The third kappa shape index (κ3) is 2.28. The molecule has 1 aromatic carbocycles. The molecular weight excluding hydrogens is 270 g/mol. The van der Waals surface area contributed by atoms with Gasteiger partial charge in [0, 0.05) is 23.1 Å². The van der Waals surface area contributed by atoms with Crippen LogP contribution in [-0.2, 0) is 0 Å². The van der Waals surface area contributed by atoms with E-state index in [-0.39, 0.29) is 12.0 Å². The number of amides is 1. The second-order valence-corrected chi connectivity index (χ2v) is 5.01. The van der Waals surface area contributed by atoms with Crippen LogP contribution in [0.4, 0.5) is 0 Å². The number of carbonyl (C=O) groups is 1. The maximum Gasteiger partial charge on any atom is 0.253 e. The molecule has 16 heavy (non-hydrogen) atoms. The van der Waals surface area contributed by atoms with Gasteiger partial charge in [0.15, 0.2) is 0 Å². The second kappa shape index (κ2) is 4.55. The van der Waals surface area contributed by atoms with Gasteiger partial charge in [-0.25, -0.2) is 0 Å². The van der Waals surface area contributed by atoms with Crippen LogP contribution in [0.15, 0.2) is 22.7 Å². The maximum atomic E-state index is 12.1. The highest BCUT2D eigenvalue weighted by Crippen LogP contribution is 2.20. The Labute approximate surface area is 103 Å². The zero-order chi connectivity index (χ0) is 11.7. The summed E-state index contributed by atoms with van der Waals surface area (Å²) in [7, 11) is 0. The number of aliphatic hydroxyl groups is 1. The largest absolute Gasteiger partial charge is 0.391 e. The summed E-state index contributed by atoms with van der Waals surface area (Å²) in [5, 5.41) is 9.39. The minimum atomic E-state index is -0.363. The van der Waals surface area contributed by atoms with E-state index in [1.807, 2.05) is 25.1 Å². The first-order chi connectivity index (χ1) is 7.58. The molecule has 0 radical (unpaired) electrons. The minimum absolute atomic E-state index is 0.00255. The van der Waals surface area contributed by atoms with Crippen molar-refractivity contribution in [1.29, 1.82) is 0 Å². The SMILES string of the molecule is Cc1ccc(C(=O)N2CC[C@@H](O)C2)cc1Br. The number of aryl methyl sites for hydroxylation is 1. The van der Waals surface area contributed by atoms with Crippen LogP contribution in [0.3, 0.4) is 0 Å². The molecule has 1 saturated heterocycles. The van der Waals surface area contributed by atoms with E-state index in [4.69, 9.17) is 0 Å². The lowest BCUT2D eigenvalue weighted by Crippen LogP contribution is -2.29. The van der Waals surface area contributed by atoms with Gasteiger partial charge in [-0.2, -0.15) is 0 Å². The minimum Gasteiger partial charge on any atom is -0.391 e. The lowest BCUT2D eigenvalue weighted by molar-refractivity contribution is 0.0765. The molecule has 0 saturated carbocycles. The molecule has 1 heterocycles. The van der Waals surface area contributed by atoms with Gasteiger partial charge in [0.25, 0.3) is 5.91 Å². The molecular formula is C12H14BrNO2. The molecule has 2 rings (SSSR count). The number of halogens is 1. The van der Waals surface area contributed by atoms with Crippen LogP contribution >= 0.6 is 15.9 Å². The molecule has 3 nitrogen and oxygen atoms in total. The predicted molar refractivity (Wildman–Crippen MR) is 65.4 cm³/mol. The monoisotopic (exact) mass is 283 g/mol. The summed E-state index contributed by atoms with van der Waals surface area (Å²) in [6, 6.07) is 5.58. The van der Waals surface area contributed by atoms with Gasteiger partial charge in [0.1, 0.15) is 0 Å². The molecule has 1 fully saturated rings. The van der Waals surface area contributed by atoms with Crippen LogP contribution in [0.25, 0.3) is 0 Å². The number of benzene rings is 1. The van der Waals surface area contributed by atoms with E-state index < -0.39 is 0 Å². The Hall–Kier alpha value is -0.870. The Balaban J connectivity index is 2.18. The second-order valence-electron chi connectivity index (χ2n) is 4.16. The van der Waals surface area contributed by atoms with Crippen molar-refractivity contribution >= 4 is 21.8 Å². The number of hydrogen-bond acceptors (Lipinski definition) is 2. The first-order valence-electron chi connectivity index (χ1n) is 5.31. The van der Waals surface area contributed by atoms with Crippen molar-refractivity contribution in [2.75, 3.05) is 13.1 Å². The van der Waals surface area contributed by atoms with Crippen molar-refractivity contribution in [3.05, 3.63) is 33.8 Å². The first-order valence-corrected chi connectivity index (χ1v) is 6.10. The average molecular weight is 284 g/mol. The maximum absolute atomic E-state index is 12.1. The number of aliphatic hydroxyl groups excluding tert-OH is 1. The van der Waals surface area contributed by atoms with Gasteiger partial charge in [-0.1, -0.05) is 22.0 Å².